The third kappa shape index (κ3) is 3.74. The molecule has 8 heteroatoms. The van der Waals surface area contributed by atoms with Crippen LogP contribution in [0.15, 0.2) is 4.52 Å². The second-order valence-corrected chi connectivity index (χ2v) is 5.82. The Balaban J connectivity index is 1.85. The van der Waals surface area contributed by atoms with Crippen LogP contribution >= 0.6 is 22.9 Å². The van der Waals surface area contributed by atoms with Crippen molar-refractivity contribution in [2.24, 2.45) is 0 Å². The number of rotatable bonds is 6. The Hall–Kier alpha value is -1.60. The number of carbonyl (C=O) groups is 1. The Morgan fingerprint density at radius 2 is 2.24 bits per heavy atom. The molecule has 0 amide bonds. The number of aryl methyl sites for hydroxylation is 2. The van der Waals surface area contributed by atoms with Crippen molar-refractivity contribution in [3.63, 3.8) is 0 Å². The highest BCUT2D eigenvalue weighted by Crippen LogP contribution is 2.27. The van der Waals surface area contributed by atoms with Crippen LogP contribution in [0, 0.1) is 13.8 Å². The number of nitrogens with one attached hydrogen (secondary N) is 1. The first-order valence-corrected chi connectivity index (χ1v) is 7.62. The quantitative estimate of drug-likeness (QED) is 0.647. The number of halogens is 1. The molecule has 0 saturated heterocycles. The average molecular weight is 330 g/mol. The fraction of sp³-hybridized carbons (Fsp3) is 0.462. The largest absolute Gasteiger partial charge is 0.465 e. The van der Waals surface area contributed by atoms with E-state index >= 15 is 0 Å². The maximum Gasteiger partial charge on any atom is 0.351 e. The Kier molecular flexibility index (Phi) is 5.19. The van der Waals surface area contributed by atoms with E-state index in [0.717, 1.165) is 29.9 Å². The molecule has 2 aromatic heterocycles. The third-order valence-corrected chi connectivity index (χ3v) is 4.40. The summed E-state index contributed by atoms with van der Waals surface area (Å²) in [5, 5.41) is 7.85. The molecular weight excluding hydrogens is 314 g/mol. The summed E-state index contributed by atoms with van der Waals surface area (Å²) in [6, 6.07) is 0. The second-order valence-electron chi connectivity index (χ2n) is 4.46. The minimum Gasteiger partial charge on any atom is -0.465 e. The summed E-state index contributed by atoms with van der Waals surface area (Å²) in [4.78, 5) is 15.8. The molecule has 0 aromatic carbocycles. The Labute approximate surface area is 131 Å². The maximum absolute atomic E-state index is 11.4. The Bertz CT molecular complexity index is 619. The zero-order chi connectivity index (χ0) is 15.4. The molecule has 0 aliphatic rings. The molecule has 2 aromatic rings. The van der Waals surface area contributed by atoms with Crippen molar-refractivity contribution in [3.8, 4) is 0 Å². The topological polar surface area (TPSA) is 77.2 Å². The van der Waals surface area contributed by atoms with Crippen LogP contribution in [-0.4, -0.2) is 29.8 Å². The number of esters is 1. The molecule has 0 aliphatic carbocycles. The van der Waals surface area contributed by atoms with Crippen molar-refractivity contribution in [1.82, 2.24) is 10.1 Å². The minimum atomic E-state index is -0.471. The van der Waals surface area contributed by atoms with Crippen molar-refractivity contribution in [3.05, 3.63) is 27.0 Å². The number of ether oxygens (including phenoxy) is 1. The molecule has 0 saturated carbocycles. The van der Waals surface area contributed by atoms with Gasteiger partial charge in [-0.2, -0.15) is 0 Å². The van der Waals surface area contributed by atoms with E-state index < -0.39 is 5.97 Å². The fourth-order valence-electron chi connectivity index (χ4n) is 1.92. The zero-order valence-electron chi connectivity index (χ0n) is 12.0. The van der Waals surface area contributed by atoms with Gasteiger partial charge in [0.15, 0.2) is 15.2 Å². The number of hydrogen-bond donors (Lipinski definition) is 1. The molecular formula is C13H16ClN3O3S. The van der Waals surface area contributed by atoms with Crippen LogP contribution in [-0.2, 0) is 11.2 Å². The predicted octanol–water partition coefficient (Wildman–Crippen LogP) is 3.23. The minimum absolute atomic E-state index is 0.167. The Morgan fingerprint density at radius 3 is 2.86 bits per heavy atom. The first kappa shape index (κ1) is 15.8. The molecule has 6 nitrogen and oxygen atoms in total. The summed E-state index contributed by atoms with van der Waals surface area (Å²) in [6.45, 7) is 4.56. The van der Waals surface area contributed by atoms with Crippen LogP contribution in [0.3, 0.4) is 0 Å². The number of methoxy groups -OCH3 is 1. The van der Waals surface area contributed by atoms with E-state index in [2.05, 4.69) is 20.2 Å². The van der Waals surface area contributed by atoms with Crippen molar-refractivity contribution < 1.29 is 14.1 Å². The van der Waals surface area contributed by atoms with E-state index in [4.69, 9.17) is 16.1 Å². The van der Waals surface area contributed by atoms with Crippen molar-refractivity contribution in [1.29, 1.82) is 0 Å². The van der Waals surface area contributed by atoms with Crippen molar-refractivity contribution >= 4 is 34.0 Å². The van der Waals surface area contributed by atoms with Gasteiger partial charge in [-0.1, -0.05) is 28.1 Å². The standard InChI is InChI=1S/C13H16ClN3O3S/c1-7-9(8(2)20-17-7)5-4-6-15-13-16-11(14)10(21-13)12(18)19-3/h4-6H2,1-3H3,(H,15,16). The number of aromatic nitrogens is 2. The highest BCUT2D eigenvalue weighted by atomic mass is 35.5. The van der Waals surface area contributed by atoms with Crippen LogP contribution < -0.4 is 5.32 Å². The SMILES string of the molecule is COC(=O)c1sc(NCCCc2c(C)noc2C)nc1Cl. The number of anilines is 1. The van der Waals surface area contributed by atoms with E-state index in [-0.39, 0.29) is 5.15 Å². The monoisotopic (exact) mass is 329 g/mol. The molecule has 0 bridgehead atoms. The van der Waals surface area contributed by atoms with E-state index in [0.29, 0.717) is 16.6 Å². The van der Waals surface area contributed by atoms with Gasteiger partial charge in [0, 0.05) is 12.1 Å². The van der Waals surface area contributed by atoms with Gasteiger partial charge in [0.05, 0.1) is 12.8 Å². The summed E-state index contributed by atoms with van der Waals surface area (Å²) in [5.41, 5.74) is 2.07. The number of carbonyl (C=O) groups excluding carboxylic acids is 1. The van der Waals surface area contributed by atoms with Crippen LogP contribution in [0.2, 0.25) is 5.15 Å². The third-order valence-electron chi connectivity index (χ3n) is 3.02. The second kappa shape index (κ2) is 6.91. The lowest BCUT2D eigenvalue weighted by molar-refractivity contribution is 0.0606. The summed E-state index contributed by atoms with van der Waals surface area (Å²) in [5.74, 6) is 0.388. The van der Waals surface area contributed by atoms with Gasteiger partial charge in [0.1, 0.15) is 5.76 Å². The van der Waals surface area contributed by atoms with Crippen molar-refractivity contribution in [2.45, 2.75) is 26.7 Å². The summed E-state index contributed by atoms with van der Waals surface area (Å²) >= 11 is 7.08. The number of thiazole rings is 1. The van der Waals surface area contributed by atoms with Crippen molar-refractivity contribution in [2.75, 3.05) is 19.0 Å². The number of nitrogens with zero attached hydrogens (tertiary/aromatic N) is 2. The molecule has 0 unspecified atom stereocenters. The molecule has 1 N–H and O–H groups in total. The van der Waals surface area contributed by atoms with Crippen LogP contribution in [0.25, 0.3) is 0 Å². The molecule has 114 valence electrons. The fourth-order valence-corrected chi connectivity index (χ4v) is 3.04. The number of hydrogen-bond acceptors (Lipinski definition) is 7. The molecule has 2 rings (SSSR count). The lowest BCUT2D eigenvalue weighted by atomic mass is 10.1. The summed E-state index contributed by atoms with van der Waals surface area (Å²) in [7, 11) is 1.31. The zero-order valence-corrected chi connectivity index (χ0v) is 13.6. The average Bonchev–Trinajstić information content (AvgIpc) is 2.98. The van der Waals surface area contributed by atoms with Crippen LogP contribution in [0.4, 0.5) is 5.13 Å². The molecule has 0 aliphatic heterocycles. The van der Waals surface area contributed by atoms with Gasteiger partial charge in [0.2, 0.25) is 0 Å². The molecule has 0 spiro atoms. The molecule has 21 heavy (non-hydrogen) atoms. The summed E-state index contributed by atoms with van der Waals surface area (Å²) in [6.07, 6.45) is 1.77. The van der Waals surface area contributed by atoms with E-state index in [1.807, 2.05) is 13.8 Å². The molecule has 0 radical (unpaired) electrons. The first-order valence-electron chi connectivity index (χ1n) is 6.43. The lowest BCUT2D eigenvalue weighted by Gasteiger charge is -2.02. The highest BCUT2D eigenvalue weighted by Gasteiger charge is 2.17. The van der Waals surface area contributed by atoms with Gasteiger partial charge in [-0.05, 0) is 26.7 Å². The van der Waals surface area contributed by atoms with Gasteiger partial charge in [0.25, 0.3) is 0 Å². The Morgan fingerprint density at radius 1 is 1.48 bits per heavy atom. The lowest BCUT2D eigenvalue weighted by Crippen LogP contribution is -2.03. The smallest absolute Gasteiger partial charge is 0.351 e. The predicted molar refractivity (Wildman–Crippen MR) is 81.3 cm³/mol. The van der Waals surface area contributed by atoms with Gasteiger partial charge < -0.3 is 14.6 Å². The van der Waals surface area contributed by atoms with Crippen LogP contribution in [0.1, 0.15) is 33.1 Å². The normalized spacial score (nSPS) is 10.7. The first-order chi connectivity index (χ1) is 10.0. The summed E-state index contributed by atoms with van der Waals surface area (Å²) < 4.78 is 9.75. The van der Waals surface area contributed by atoms with E-state index in [9.17, 15) is 4.79 Å². The van der Waals surface area contributed by atoms with Gasteiger partial charge in [-0.25, -0.2) is 9.78 Å². The molecule has 0 fully saturated rings. The highest BCUT2D eigenvalue weighted by molar-refractivity contribution is 7.18. The van der Waals surface area contributed by atoms with Gasteiger partial charge in [-0.3, -0.25) is 0 Å². The molecule has 0 atom stereocenters. The van der Waals surface area contributed by atoms with E-state index in [1.165, 1.54) is 18.4 Å². The van der Waals surface area contributed by atoms with E-state index in [1.54, 1.807) is 0 Å². The van der Waals surface area contributed by atoms with Crippen LogP contribution in [0.5, 0.6) is 0 Å². The van der Waals surface area contributed by atoms with Gasteiger partial charge >= 0.3 is 5.97 Å². The maximum atomic E-state index is 11.4. The molecule has 2 heterocycles. The van der Waals surface area contributed by atoms with Gasteiger partial charge in [-0.15, -0.1) is 0 Å².